The van der Waals surface area contributed by atoms with Crippen molar-refractivity contribution in [1.82, 2.24) is 10.3 Å². The largest absolute Gasteiger partial charge is 0.317 e. The molecule has 0 aromatic carbocycles. The monoisotopic (exact) mass is 244 g/mol. The SMILES string of the molecule is Cc1cc2nc(c1)/C=N/CCCNCCC/N=C/2. The smallest absolute Gasteiger partial charge is 0.0818 e. The summed E-state index contributed by atoms with van der Waals surface area (Å²) in [6, 6.07) is 4.09. The lowest BCUT2D eigenvalue weighted by atomic mass is 10.2. The zero-order valence-corrected chi connectivity index (χ0v) is 10.9. The van der Waals surface area contributed by atoms with E-state index in [-0.39, 0.29) is 0 Å². The van der Waals surface area contributed by atoms with Gasteiger partial charge in [-0.25, -0.2) is 4.98 Å². The van der Waals surface area contributed by atoms with Crippen molar-refractivity contribution in [2.45, 2.75) is 19.8 Å². The van der Waals surface area contributed by atoms with E-state index in [1.54, 1.807) is 0 Å². The Balaban J connectivity index is 2.16. The number of nitrogens with zero attached hydrogens (tertiary/aromatic N) is 3. The van der Waals surface area contributed by atoms with Gasteiger partial charge >= 0.3 is 0 Å². The Labute approximate surface area is 108 Å². The Bertz CT molecular complexity index is 401. The van der Waals surface area contributed by atoms with Gasteiger partial charge < -0.3 is 5.32 Å². The molecule has 0 fully saturated rings. The van der Waals surface area contributed by atoms with E-state index >= 15 is 0 Å². The quantitative estimate of drug-likeness (QED) is 0.754. The van der Waals surface area contributed by atoms with E-state index in [2.05, 4.69) is 27.2 Å². The highest BCUT2D eigenvalue weighted by atomic mass is 14.9. The minimum absolute atomic E-state index is 0.853. The second kappa shape index (κ2) is 7.01. The van der Waals surface area contributed by atoms with Gasteiger partial charge in [-0.2, -0.15) is 0 Å². The second-order valence-electron chi connectivity index (χ2n) is 4.52. The molecule has 0 spiro atoms. The molecule has 1 aromatic rings. The van der Waals surface area contributed by atoms with Crippen LogP contribution < -0.4 is 5.32 Å². The number of hydrogen-bond acceptors (Lipinski definition) is 4. The predicted molar refractivity (Wildman–Crippen MR) is 76.0 cm³/mol. The van der Waals surface area contributed by atoms with Gasteiger partial charge in [0.1, 0.15) is 0 Å². The topological polar surface area (TPSA) is 49.6 Å². The predicted octanol–water partition coefficient (Wildman–Crippen LogP) is 1.61. The van der Waals surface area contributed by atoms with Crippen molar-refractivity contribution in [2.24, 2.45) is 9.98 Å². The number of aromatic nitrogens is 1. The van der Waals surface area contributed by atoms with Crippen LogP contribution in [0.3, 0.4) is 0 Å². The fourth-order valence-electron chi connectivity index (χ4n) is 1.89. The lowest BCUT2D eigenvalue weighted by Crippen LogP contribution is -2.18. The van der Waals surface area contributed by atoms with Crippen molar-refractivity contribution in [2.75, 3.05) is 26.2 Å². The third kappa shape index (κ3) is 4.37. The molecule has 18 heavy (non-hydrogen) atoms. The summed E-state index contributed by atoms with van der Waals surface area (Å²) in [6.07, 6.45) is 5.85. The minimum Gasteiger partial charge on any atom is -0.317 e. The summed E-state index contributed by atoms with van der Waals surface area (Å²) < 4.78 is 0. The van der Waals surface area contributed by atoms with Crippen molar-refractivity contribution in [3.8, 4) is 0 Å². The summed E-state index contributed by atoms with van der Waals surface area (Å²) in [7, 11) is 0. The molecule has 1 aromatic heterocycles. The summed E-state index contributed by atoms with van der Waals surface area (Å²) in [5.74, 6) is 0. The molecule has 0 atom stereocenters. The van der Waals surface area contributed by atoms with Gasteiger partial charge in [-0.05, 0) is 50.6 Å². The number of rotatable bonds is 0. The first-order valence-electron chi connectivity index (χ1n) is 6.54. The summed E-state index contributed by atoms with van der Waals surface area (Å²) in [5.41, 5.74) is 3.03. The van der Waals surface area contributed by atoms with Crippen LogP contribution >= 0.6 is 0 Å². The van der Waals surface area contributed by atoms with Crippen LogP contribution in [0, 0.1) is 6.92 Å². The van der Waals surface area contributed by atoms with Crippen LogP contribution in [-0.2, 0) is 0 Å². The van der Waals surface area contributed by atoms with Gasteiger partial charge in [-0.1, -0.05) is 0 Å². The van der Waals surface area contributed by atoms with Gasteiger partial charge in [0.2, 0.25) is 0 Å². The summed E-state index contributed by atoms with van der Waals surface area (Å²) in [4.78, 5) is 13.3. The maximum absolute atomic E-state index is 4.51. The molecular formula is C14H20N4. The average Bonchev–Trinajstić information content (AvgIpc) is 2.34. The normalized spacial score (nSPS) is 20.9. The number of pyridine rings is 1. The maximum Gasteiger partial charge on any atom is 0.0818 e. The van der Waals surface area contributed by atoms with Crippen molar-refractivity contribution >= 4 is 12.4 Å². The Hall–Kier alpha value is -1.55. The number of aryl methyl sites for hydroxylation is 1. The van der Waals surface area contributed by atoms with E-state index in [9.17, 15) is 0 Å². The van der Waals surface area contributed by atoms with Crippen molar-refractivity contribution in [1.29, 1.82) is 0 Å². The third-order valence-corrected chi connectivity index (χ3v) is 2.74. The highest BCUT2D eigenvalue weighted by Crippen LogP contribution is 2.02. The van der Waals surface area contributed by atoms with Crippen molar-refractivity contribution in [3.63, 3.8) is 0 Å². The molecule has 1 aliphatic heterocycles. The van der Waals surface area contributed by atoms with Crippen LogP contribution in [0.5, 0.6) is 0 Å². The molecule has 4 nitrogen and oxygen atoms in total. The van der Waals surface area contributed by atoms with Crippen molar-refractivity contribution in [3.05, 3.63) is 29.1 Å². The molecule has 1 aliphatic rings. The molecular weight excluding hydrogens is 224 g/mol. The van der Waals surface area contributed by atoms with E-state index in [1.807, 2.05) is 24.6 Å². The van der Waals surface area contributed by atoms with Crippen LogP contribution in [-0.4, -0.2) is 43.6 Å². The van der Waals surface area contributed by atoms with Crippen molar-refractivity contribution < 1.29 is 0 Å². The molecule has 0 saturated heterocycles. The van der Waals surface area contributed by atoms with Gasteiger partial charge in [-0.3, -0.25) is 9.98 Å². The Morgan fingerprint density at radius 1 is 0.944 bits per heavy atom. The summed E-state index contributed by atoms with van der Waals surface area (Å²) >= 11 is 0. The molecule has 0 saturated carbocycles. The zero-order chi connectivity index (χ0) is 12.6. The first-order valence-corrected chi connectivity index (χ1v) is 6.54. The van der Waals surface area contributed by atoms with Crippen LogP contribution in [0.4, 0.5) is 0 Å². The fourth-order valence-corrected chi connectivity index (χ4v) is 1.89. The molecule has 2 rings (SSSR count). The molecule has 2 bridgehead atoms. The number of fused-ring (bicyclic) bond motifs is 2. The Kier molecular flexibility index (Phi) is 5.02. The molecule has 4 heteroatoms. The van der Waals surface area contributed by atoms with Gasteiger partial charge in [-0.15, -0.1) is 0 Å². The molecule has 2 heterocycles. The molecule has 0 unspecified atom stereocenters. The maximum atomic E-state index is 4.51. The summed E-state index contributed by atoms with van der Waals surface area (Å²) in [6.45, 7) is 5.82. The molecule has 0 radical (unpaired) electrons. The van der Waals surface area contributed by atoms with Gasteiger partial charge in [0.05, 0.1) is 11.4 Å². The Morgan fingerprint density at radius 3 is 2.06 bits per heavy atom. The van der Waals surface area contributed by atoms with E-state index in [0.717, 1.165) is 50.4 Å². The molecule has 0 amide bonds. The van der Waals surface area contributed by atoms with Crippen LogP contribution in [0.15, 0.2) is 22.1 Å². The van der Waals surface area contributed by atoms with E-state index < -0.39 is 0 Å². The Morgan fingerprint density at radius 2 is 1.50 bits per heavy atom. The lowest BCUT2D eigenvalue weighted by molar-refractivity contribution is 0.633. The van der Waals surface area contributed by atoms with Gasteiger partial charge in [0, 0.05) is 25.5 Å². The molecule has 96 valence electrons. The first-order chi connectivity index (χ1) is 8.84. The van der Waals surface area contributed by atoms with E-state index in [0.29, 0.717) is 0 Å². The molecule has 1 N–H and O–H groups in total. The second-order valence-corrected chi connectivity index (χ2v) is 4.52. The molecule has 0 aliphatic carbocycles. The van der Waals surface area contributed by atoms with Crippen LogP contribution in [0.25, 0.3) is 0 Å². The van der Waals surface area contributed by atoms with E-state index in [1.165, 1.54) is 5.56 Å². The van der Waals surface area contributed by atoms with Crippen LogP contribution in [0.2, 0.25) is 0 Å². The number of hydrogen-bond donors (Lipinski definition) is 1. The number of nitrogens with one attached hydrogen (secondary N) is 1. The van der Waals surface area contributed by atoms with E-state index in [4.69, 9.17) is 0 Å². The number of aliphatic imine (C=N–C) groups is 2. The zero-order valence-electron chi connectivity index (χ0n) is 10.9. The highest BCUT2D eigenvalue weighted by molar-refractivity contribution is 5.82. The lowest BCUT2D eigenvalue weighted by Gasteiger charge is -2.03. The van der Waals surface area contributed by atoms with Crippen LogP contribution in [0.1, 0.15) is 29.8 Å². The highest BCUT2D eigenvalue weighted by Gasteiger charge is 1.97. The van der Waals surface area contributed by atoms with Gasteiger partial charge in [0.15, 0.2) is 0 Å². The average molecular weight is 244 g/mol. The minimum atomic E-state index is 0.853. The first kappa shape index (κ1) is 12.9. The summed E-state index contributed by atoms with van der Waals surface area (Å²) in [5, 5.41) is 3.39. The van der Waals surface area contributed by atoms with Gasteiger partial charge in [0.25, 0.3) is 0 Å². The standard InChI is InChI=1S/C14H20N4/c1-12-8-13-10-16-6-2-4-15-5-3-7-17-11-14(9-12)18-13/h8-11,15H,2-7H2,1H3/b16-10+,17-11+. The fraction of sp³-hybridized carbons (Fsp3) is 0.500. The third-order valence-electron chi connectivity index (χ3n) is 2.74.